The highest BCUT2D eigenvalue weighted by atomic mass is 32.1. The molecule has 0 bridgehead atoms. The van der Waals surface area contributed by atoms with E-state index in [2.05, 4.69) is 58.5 Å². The predicted molar refractivity (Wildman–Crippen MR) is 134 cm³/mol. The smallest absolute Gasteiger partial charge is 0.240 e. The van der Waals surface area contributed by atoms with Crippen LogP contribution in [0.4, 0.5) is 0 Å². The van der Waals surface area contributed by atoms with Gasteiger partial charge < -0.3 is 5.32 Å². The highest BCUT2D eigenvalue weighted by Gasteiger charge is 2.21. The molecule has 1 aromatic heterocycles. The molecular formula is C26H33N5OS. The molecule has 1 amide bonds. The van der Waals surface area contributed by atoms with Gasteiger partial charge in [0.05, 0.1) is 0 Å². The monoisotopic (exact) mass is 463 g/mol. The van der Waals surface area contributed by atoms with E-state index in [1.54, 1.807) is 4.57 Å². The number of likely N-dealkylation sites (tertiary alicyclic amines) is 1. The lowest BCUT2D eigenvalue weighted by Gasteiger charge is -2.35. The first-order chi connectivity index (χ1) is 15.9. The van der Waals surface area contributed by atoms with E-state index >= 15 is 0 Å². The number of amides is 1. The fourth-order valence-electron chi connectivity index (χ4n) is 4.73. The number of nitrogens with one attached hydrogen (secondary N) is 2. The number of aromatic amines is 1. The largest absolute Gasteiger partial charge is 0.350 e. The van der Waals surface area contributed by atoms with Gasteiger partial charge in [0.25, 0.3) is 0 Å². The lowest BCUT2D eigenvalue weighted by Crippen LogP contribution is -2.38. The van der Waals surface area contributed by atoms with Gasteiger partial charge in [0.2, 0.25) is 5.91 Å². The van der Waals surface area contributed by atoms with Crippen LogP contribution in [-0.4, -0.2) is 38.7 Å². The number of rotatable bonds is 7. The quantitative estimate of drug-likeness (QED) is 0.498. The van der Waals surface area contributed by atoms with Gasteiger partial charge in [0, 0.05) is 31.7 Å². The van der Waals surface area contributed by atoms with Crippen molar-refractivity contribution in [3.8, 4) is 11.4 Å². The number of hydrogen-bond donors (Lipinski definition) is 2. The van der Waals surface area contributed by atoms with E-state index in [0.717, 1.165) is 29.5 Å². The molecule has 0 radical (unpaired) electrons. The van der Waals surface area contributed by atoms with Crippen LogP contribution in [0.3, 0.4) is 0 Å². The average molecular weight is 464 g/mol. The first-order valence-electron chi connectivity index (χ1n) is 11.7. The zero-order chi connectivity index (χ0) is 23.4. The number of H-pyrrole nitrogens is 1. The number of aryl methyl sites for hydroxylation is 1. The Hall–Kier alpha value is -2.77. The van der Waals surface area contributed by atoms with Crippen molar-refractivity contribution in [3.05, 3.63) is 70.0 Å². The number of piperidine rings is 1. The van der Waals surface area contributed by atoms with Crippen molar-refractivity contribution in [2.24, 2.45) is 11.8 Å². The van der Waals surface area contributed by atoms with Gasteiger partial charge in [0.1, 0.15) is 6.54 Å². The van der Waals surface area contributed by atoms with Crippen molar-refractivity contribution in [1.82, 2.24) is 25.0 Å². The molecule has 0 saturated carbocycles. The van der Waals surface area contributed by atoms with E-state index in [4.69, 9.17) is 12.2 Å². The maximum absolute atomic E-state index is 12.6. The van der Waals surface area contributed by atoms with Crippen LogP contribution in [0.5, 0.6) is 0 Å². The number of carbonyl (C=O) groups is 1. The molecule has 2 unspecified atom stereocenters. The van der Waals surface area contributed by atoms with E-state index < -0.39 is 0 Å². The van der Waals surface area contributed by atoms with Crippen molar-refractivity contribution in [1.29, 1.82) is 0 Å². The summed E-state index contributed by atoms with van der Waals surface area (Å²) in [5.74, 6) is 2.10. The molecule has 2 heterocycles. The van der Waals surface area contributed by atoms with Gasteiger partial charge in [-0.3, -0.25) is 19.4 Å². The molecule has 3 aromatic rings. The molecule has 174 valence electrons. The summed E-state index contributed by atoms with van der Waals surface area (Å²) in [6.07, 6.45) is 1.33. The molecule has 0 aliphatic carbocycles. The number of benzene rings is 2. The first-order valence-corrected chi connectivity index (χ1v) is 12.1. The summed E-state index contributed by atoms with van der Waals surface area (Å²) in [5, 5.41) is 10.1. The van der Waals surface area contributed by atoms with Gasteiger partial charge in [-0.1, -0.05) is 67.9 Å². The average Bonchev–Trinajstić information content (AvgIpc) is 3.13. The highest BCUT2D eigenvalue weighted by Crippen LogP contribution is 2.22. The van der Waals surface area contributed by atoms with Crippen molar-refractivity contribution < 1.29 is 4.79 Å². The van der Waals surface area contributed by atoms with Gasteiger partial charge in [0.15, 0.2) is 10.6 Å². The van der Waals surface area contributed by atoms with Crippen molar-refractivity contribution in [3.63, 3.8) is 0 Å². The van der Waals surface area contributed by atoms with Crippen LogP contribution in [-0.2, 0) is 24.4 Å². The molecule has 33 heavy (non-hydrogen) atoms. The Morgan fingerprint density at radius 1 is 1.06 bits per heavy atom. The third-order valence-electron chi connectivity index (χ3n) is 6.23. The Labute approximate surface area is 201 Å². The Bertz CT molecular complexity index is 1120. The summed E-state index contributed by atoms with van der Waals surface area (Å²) in [6, 6.07) is 16.6. The molecule has 2 N–H and O–H groups in total. The minimum atomic E-state index is -0.0961. The van der Waals surface area contributed by atoms with E-state index in [1.807, 2.05) is 31.2 Å². The Balaban J connectivity index is 1.32. The SMILES string of the molecule is Cc1ccc(-c2n[nH]c(=S)n2CC(=O)NCc2ccc(CN3CC(C)CC(C)C3)cc2)cc1. The van der Waals surface area contributed by atoms with Crippen LogP contribution in [0.2, 0.25) is 0 Å². The molecule has 2 aromatic carbocycles. The standard InChI is InChI=1S/C26H33N5OS/c1-18-4-10-23(11-5-18)25-28-29-26(33)31(25)17-24(32)27-13-21-6-8-22(9-7-21)16-30-14-19(2)12-20(3)15-30/h4-11,19-20H,12-17H2,1-3H3,(H,27,32)(H,29,33). The topological polar surface area (TPSA) is 66.0 Å². The Kier molecular flexibility index (Phi) is 7.40. The minimum absolute atomic E-state index is 0.0961. The van der Waals surface area contributed by atoms with Crippen LogP contribution in [0, 0.1) is 23.5 Å². The Morgan fingerprint density at radius 3 is 2.36 bits per heavy atom. The highest BCUT2D eigenvalue weighted by molar-refractivity contribution is 7.71. The number of nitrogens with zero attached hydrogens (tertiary/aromatic N) is 3. The van der Waals surface area contributed by atoms with Crippen LogP contribution in [0.15, 0.2) is 48.5 Å². The van der Waals surface area contributed by atoms with Gasteiger partial charge in [-0.2, -0.15) is 5.10 Å². The zero-order valence-corrected chi connectivity index (χ0v) is 20.5. The van der Waals surface area contributed by atoms with Crippen molar-refractivity contribution in [2.75, 3.05) is 13.1 Å². The summed E-state index contributed by atoms with van der Waals surface area (Å²) in [4.78, 5) is 15.2. The summed E-state index contributed by atoms with van der Waals surface area (Å²) in [7, 11) is 0. The molecule has 1 fully saturated rings. The van der Waals surface area contributed by atoms with E-state index in [1.165, 1.54) is 30.6 Å². The van der Waals surface area contributed by atoms with Gasteiger partial charge in [-0.05, 0) is 48.5 Å². The molecule has 7 heteroatoms. The van der Waals surface area contributed by atoms with E-state index in [-0.39, 0.29) is 12.5 Å². The fraction of sp³-hybridized carbons (Fsp3) is 0.423. The van der Waals surface area contributed by atoms with Crippen LogP contribution in [0.1, 0.15) is 37.0 Å². The maximum Gasteiger partial charge on any atom is 0.240 e. The molecule has 0 spiro atoms. The molecule has 4 rings (SSSR count). The number of aromatic nitrogens is 3. The summed E-state index contributed by atoms with van der Waals surface area (Å²) < 4.78 is 2.17. The third-order valence-corrected chi connectivity index (χ3v) is 6.54. The first kappa shape index (κ1) is 23.4. The van der Waals surface area contributed by atoms with Crippen LogP contribution in [0.25, 0.3) is 11.4 Å². The van der Waals surface area contributed by atoms with Crippen molar-refractivity contribution in [2.45, 2.75) is 46.8 Å². The molecule has 2 atom stereocenters. The number of hydrogen-bond acceptors (Lipinski definition) is 4. The van der Waals surface area contributed by atoms with Gasteiger partial charge in [-0.25, -0.2) is 0 Å². The third kappa shape index (κ3) is 6.18. The van der Waals surface area contributed by atoms with Gasteiger partial charge in [-0.15, -0.1) is 0 Å². The summed E-state index contributed by atoms with van der Waals surface area (Å²) >= 11 is 5.35. The van der Waals surface area contributed by atoms with Crippen LogP contribution >= 0.6 is 12.2 Å². The molecule has 1 saturated heterocycles. The normalized spacial score (nSPS) is 18.9. The minimum Gasteiger partial charge on any atom is -0.350 e. The predicted octanol–water partition coefficient (Wildman–Crippen LogP) is 4.71. The van der Waals surface area contributed by atoms with Crippen LogP contribution < -0.4 is 5.32 Å². The summed E-state index contributed by atoms with van der Waals surface area (Å²) in [5.41, 5.74) is 4.50. The zero-order valence-electron chi connectivity index (χ0n) is 19.7. The molecule has 6 nitrogen and oxygen atoms in total. The Morgan fingerprint density at radius 2 is 1.70 bits per heavy atom. The lowest BCUT2D eigenvalue weighted by atomic mass is 9.91. The van der Waals surface area contributed by atoms with Gasteiger partial charge >= 0.3 is 0 Å². The second-order valence-electron chi connectivity index (χ2n) is 9.54. The maximum atomic E-state index is 12.6. The molecular weight excluding hydrogens is 430 g/mol. The summed E-state index contributed by atoms with van der Waals surface area (Å²) in [6.45, 7) is 10.7. The van der Waals surface area contributed by atoms with E-state index in [9.17, 15) is 4.79 Å². The lowest BCUT2D eigenvalue weighted by molar-refractivity contribution is -0.121. The van der Waals surface area contributed by atoms with E-state index in [0.29, 0.717) is 17.1 Å². The molecule has 1 aliphatic rings. The second kappa shape index (κ2) is 10.4. The fourth-order valence-corrected chi connectivity index (χ4v) is 4.93. The molecule has 1 aliphatic heterocycles. The number of carbonyl (C=O) groups excluding carboxylic acids is 1. The van der Waals surface area contributed by atoms with Crippen molar-refractivity contribution >= 4 is 18.1 Å². The second-order valence-corrected chi connectivity index (χ2v) is 9.92.